The van der Waals surface area contributed by atoms with Gasteiger partial charge in [-0.1, -0.05) is 29.3 Å². The Bertz CT molecular complexity index is 525. The Hall–Kier alpha value is -0.400. The molecule has 0 saturated heterocycles. The van der Waals surface area contributed by atoms with E-state index in [0.717, 1.165) is 12.8 Å². The summed E-state index contributed by atoms with van der Waals surface area (Å²) in [5.41, 5.74) is 1.25. The van der Waals surface area contributed by atoms with E-state index in [9.17, 15) is 8.42 Å². The Kier molecular flexibility index (Phi) is 6.01. The standard InChI is InChI=1S/C12H22BrN3O2S/c1-5-6-8-16(9-7-13)19(17,18)12-10(2)14-15(4)11(12)3/h5-9H2,1-4H3. The Balaban J connectivity index is 3.18. The van der Waals surface area contributed by atoms with Gasteiger partial charge in [-0.25, -0.2) is 8.42 Å². The molecule has 0 atom stereocenters. The van der Waals surface area contributed by atoms with Gasteiger partial charge in [0.05, 0.1) is 11.4 Å². The largest absolute Gasteiger partial charge is 0.271 e. The first-order valence-electron chi connectivity index (χ1n) is 6.42. The molecule has 0 radical (unpaired) electrons. The molecule has 0 bridgehead atoms. The minimum absolute atomic E-state index is 0.354. The van der Waals surface area contributed by atoms with Gasteiger partial charge in [0, 0.05) is 25.5 Å². The molecule has 0 spiro atoms. The summed E-state index contributed by atoms with van der Waals surface area (Å²) in [4.78, 5) is 0.354. The van der Waals surface area contributed by atoms with Crippen molar-refractivity contribution >= 4 is 26.0 Å². The third-order valence-electron chi connectivity index (χ3n) is 3.14. The molecule has 110 valence electrons. The number of hydrogen-bond donors (Lipinski definition) is 0. The molecule has 0 saturated carbocycles. The molecule has 0 aliphatic rings. The Labute approximate surface area is 124 Å². The van der Waals surface area contributed by atoms with Crippen LogP contribution in [0.4, 0.5) is 0 Å². The van der Waals surface area contributed by atoms with Gasteiger partial charge in [0.15, 0.2) is 0 Å². The second kappa shape index (κ2) is 6.85. The van der Waals surface area contributed by atoms with Crippen molar-refractivity contribution in [2.75, 3.05) is 18.4 Å². The number of aromatic nitrogens is 2. The number of rotatable bonds is 7. The summed E-state index contributed by atoms with van der Waals surface area (Å²) in [5, 5.41) is 4.83. The predicted octanol–water partition coefficient (Wildman–Crippen LogP) is 2.22. The van der Waals surface area contributed by atoms with Crippen molar-refractivity contribution in [3.8, 4) is 0 Å². The van der Waals surface area contributed by atoms with E-state index in [2.05, 4.69) is 28.0 Å². The van der Waals surface area contributed by atoms with Gasteiger partial charge in [-0.05, 0) is 20.3 Å². The second-order valence-corrected chi connectivity index (χ2v) is 7.24. The van der Waals surface area contributed by atoms with Crippen molar-refractivity contribution in [3.05, 3.63) is 11.4 Å². The highest BCUT2D eigenvalue weighted by Gasteiger charge is 2.29. The topological polar surface area (TPSA) is 55.2 Å². The number of nitrogens with zero attached hydrogens (tertiary/aromatic N) is 3. The van der Waals surface area contributed by atoms with Crippen LogP contribution >= 0.6 is 15.9 Å². The van der Waals surface area contributed by atoms with Crippen molar-refractivity contribution in [3.63, 3.8) is 0 Å². The maximum atomic E-state index is 12.7. The molecular weight excluding hydrogens is 330 g/mol. The number of aryl methyl sites for hydroxylation is 2. The van der Waals surface area contributed by atoms with Crippen molar-refractivity contribution in [1.29, 1.82) is 0 Å². The van der Waals surface area contributed by atoms with Crippen molar-refractivity contribution in [1.82, 2.24) is 14.1 Å². The summed E-state index contributed by atoms with van der Waals surface area (Å²) in [6, 6.07) is 0. The normalized spacial score (nSPS) is 12.3. The third-order valence-corrected chi connectivity index (χ3v) is 5.64. The minimum atomic E-state index is -3.46. The van der Waals surface area contributed by atoms with E-state index in [1.807, 2.05) is 0 Å². The molecule has 19 heavy (non-hydrogen) atoms. The molecule has 7 heteroatoms. The third kappa shape index (κ3) is 3.58. The molecule has 0 aliphatic carbocycles. The smallest absolute Gasteiger partial charge is 0.246 e. The summed E-state index contributed by atoms with van der Waals surface area (Å²) in [5.74, 6) is 0. The first kappa shape index (κ1) is 16.7. The van der Waals surface area contributed by atoms with Gasteiger partial charge in [-0.3, -0.25) is 4.68 Å². The van der Waals surface area contributed by atoms with Crippen LogP contribution in [-0.4, -0.2) is 40.9 Å². The molecule has 1 aromatic heterocycles. The first-order valence-corrected chi connectivity index (χ1v) is 8.98. The fourth-order valence-corrected chi connectivity index (χ4v) is 4.58. The van der Waals surface area contributed by atoms with E-state index < -0.39 is 10.0 Å². The van der Waals surface area contributed by atoms with Crippen molar-refractivity contribution in [2.45, 2.75) is 38.5 Å². The van der Waals surface area contributed by atoms with Crippen molar-refractivity contribution < 1.29 is 8.42 Å². The summed E-state index contributed by atoms with van der Waals surface area (Å²) >= 11 is 3.32. The number of halogens is 1. The number of alkyl halides is 1. The van der Waals surface area contributed by atoms with Crippen LogP contribution in [-0.2, 0) is 17.1 Å². The average molecular weight is 352 g/mol. The lowest BCUT2D eigenvalue weighted by molar-refractivity contribution is 0.421. The zero-order valence-electron chi connectivity index (χ0n) is 12.0. The van der Waals surface area contributed by atoms with Crippen LogP contribution in [0, 0.1) is 13.8 Å². The lowest BCUT2D eigenvalue weighted by Gasteiger charge is -2.21. The molecule has 0 unspecified atom stereocenters. The molecule has 1 heterocycles. The van der Waals surface area contributed by atoms with Gasteiger partial charge >= 0.3 is 0 Å². The Morgan fingerprint density at radius 3 is 2.37 bits per heavy atom. The molecule has 0 N–H and O–H groups in total. The maximum absolute atomic E-state index is 12.7. The van der Waals surface area contributed by atoms with Crippen LogP contribution in [0.1, 0.15) is 31.2 Å². The molecule has 0 aliphatic heterocycles. The van der Waals surface area contributed by atoms with Gasteiger partial charge in [-0.15, -0.1) is 0 Å². The predicted molar refractivity (Wildman–Crippen MR) is 80.1 cm³/mol. The lowest BCUT2D eigenvalue weighted by atomic mass is 10.3. The summed E-state index contributed by atoms with van der Waals surface area (Å²) < 4.78 is 28.6. The van der Waals surface area contributed by atoms with Crippen LogP contribution in [0.2, 0.25) is 0 Å². The fraction of sp³-hybridized carbons (Fsp3) is 0.750. The summed E-state index contributed by atoms with van der Waals surface area (Å²) in [7, 11) is -1.69. The zero-order chi connectivity index (χ0) is 14.6. The van der Waals surface area contributed by atoms with Crippen LogP contribution < -0.4 is 0 Å². The monoisotopic (exact) mass is 351 g/mol. The number of sulfonamides is 1. The molecule has 1 rings (SSSR count). The van der Waals surface area contributed by atoms with E-state index in [1.165, 1.54) is 0 Å². The molecule has 1 aromatic rings. The van der Waals surface area contributed by atoms with Gasteiger partial charge < -0.3 is 0 Å². The van der Waals surface area contributed by atoms with E-state index >= 15 is 0 Å². The van der Waals surface area contributed by atoms with Gasteiger partial charge in [0.1, 0.15) is 4.90 Å². The van der Waals surface area contributed by atoms with E-state index in [0.29, 0.717) is 34.7 Å². The molecule has 0 fully saturated rings. The zero-order valence-corrected chi connectivity index (χ0v) is 14.4. The quantitative estimate of drug-likeness (QED) is 0.707. The number of unbranched alkanes of at least 4 members (excludes halogenated alkanes) is 1. The van der Waals surface area contributed by atoms with E-state index in [1.54, 1.807) is 29.9 Å². The van der Waals surface area contributed by atoms with Crippen LogP contribution in [0.3, 0.4) is 0 Å². The fourth-order valence-electron chi connectivity index (χ4n) is 2.04. The van der Waals surface area contributed by atoms with Crippen molar-refractivity contribution in [2.24, 2.45) is 7.05 Å². The molecule has 0 aromatic carbocycles. The number of hydrogen-bond acceptors (Lipinski definition) is 3. The summed E-state index contributed by atoms with van der Waals surface area (Å²) in [6.45, 7) is 6.62. The average Bonchev–Trinajstić information content (AvgIpc) is 2.58. The molecule has 5 nitrogen and oxygen atoms in total. The van der Waals surface area contributed by atoms with Gasteiger partial charge in [-0.2, -0.15) is 9.40 Å². The van der Waals surface area contributed by atoms with E-state index in [-0.39, 0.29) is 0 Å². The lowest BCUT2D eigenvalue weighted by Crippen LogP contribution is -2.34. The second-order valence-electron chi connectivity index (χ2n) is 4.57. The SMILES string of the molecule is CCCCN(CCBr)S(=O)(=O)c1c(C)nn(C)c1C. The van der Waals surface area contributed by atoms with Gasteiger partial charge in [0.25, 0.3) is 0 Å². The Morgan fingerprint density at radius 2 is 1.95 bits per heavy atom. The van der Waals surface area contributed by atoms with Crippen LogP contribution in [0.5, 0.6) is 0 Å². The highest BCUT2D eigenvalue weighted by molar-refractivity contribution is 9.09. The minimum Gasteiger partial charge on any atom is -0.271 e. The maximum Gasteiger partial charge on any atom is 0.246 e. The Morgan fingerprint density at radius 1 is 1.32 bits per heavy atom. The molecular formula is C12H22BrN3O2S. The first-order chi connectivity index (χ1) is 8.86. The van der Waals surface area contributed by atoms with Gasteiger partial charge in [0.2, 0.25) is 10.0 Å². The highest BCUT2D eigenvalue weighted by Crippen LogP contribution is 2.23. The van der Waals surface area contributed by atoms with E-state index in [4.69, 9.17) is 0 Å². The molecule has 0 amide bonds. The van der Waals surface area contributed by atoms with Crippen LogP contribution in [0.15, 0.2) is 4.90 Å². The van der Waals surface area contributed by atoms with Crippen LogP contribution in [0.25, 0.3) is 0 Å². The summed E-state index contributed by atoms with van der Waals surface area (Å²) in [6.07, 6.45) is 1.84. The highest BCUT2D eigenvalue weighted by atomic mass is 79.9.